The highest BCUT2D eigenvalue weighted by atomic mass is 32.1. The Balaban J connectivity index is 2.66. The number of rotatable bonds is 0. The van der Waals surface area contributed by atoms with Crippen LogP contribution >= 0.6 is 11.3 Å². The highest BCUT2D eigenvalue weighted by molar-refractivity contribution is 7.24. The van der Waals surface area contributed by atoms with E-state index < -0.39 is 0 Å². The molecule has 0 spiro atoms. The SMILES string of the molecule is O=[n+]1c2ccccc2sc2ccccc21. The van der Waals surface area contributed by atoms with E-state index in [2.05, 4.69) is 0 Å². The summed E-state index contributed by atoms with van der Waals surface area (Å²) in [6, 6.07) is 15.3. The molecule has 2 aromatic carbocycles. The quantitative estimate of drug-likeness (QED) is 0.417. The van der Waals surface area contributed by atoms with Gasteiger partial charge in [0, 0.05) is 17.0 Å². The maximum Gasteiger partial charge on any atom is 0.280 e. The van der Waals surface area contributed by atoms with Gasteiger partial charge in [0.05, 0.1) is 4.43 Å². The van der Waals surface area contributed by atoms with Crippen LogP contribution in [0.3, 0.4) is 0 Å². The van der Waals surface area contributed by atoms with Crippen LogP contribution in [0, 0.1) is 4.91 Å². The van der Waals surface area contributed by atoms with Crippen molar-refractivity contribution in [1.29, 1.82) is 0 Å². The Bertz CT molecular complexity index is 645. The van der Waals surface area contributed by atoms with Gasteiger partial charge in [-0.3, -0.25) is 0 Å². The highest BCUT2D eigenvalue weighted by Crippen LogP contribution is 2.22. The largest absolute Gasteiger partial charge is 0.280 e. The Morgan fingerprint density at radius 2 is 1.27 bits per heavy atom. The van der Waals surface area contributed by atoms with Crippen LogP contribution in [0.1, 0.15) is 0 Å². The third-order valence-electron chi connectivity index (χ3n) is 2.39. The van der Waals surface area contributed by atoms with E-state index in [1.807, 2.05) is 48.5 Å². The summed E-state index contributed by atoms with van der Waals surface area (Å²) in [6.45, 7) is 0. The van der Waals surface area contributed by atoms with Gasteiger partial charge in [-0.15, -0.1) is 11.3 Å². The van der Waals surface area contributed by atoms with Gasteiger partial charge in [0.1, 0.15) is 9.40 Å². The zero-order valence-electron chi connectivity index (χ0n) is 7.88. The highest BCUT2D eigenvalue weighted by Gasteiger charge is 2.12. The topological polar surface area (TPSA) is 23.0 Å². The molecule has 0 fully saturated rings. The molecule has 1 heterocycles. The minimum atomic E-state index is 0.737. The molecular weight excluding hydrogens is 206 g/mol. The molecule has 0 radical (unpaired) electrons. The molecule has 0 saturated carbocycles. The predicted octanol–water partition coefficient (Wildman–Crippen LogP) is 2.97. The second-order valence-electron chi connectivity index (χ2n) is 3.33. The molecule has 0 aliphatic carbocycles. The molecular formula is C12H8NOS+. The monoisotopic (exact) mass is 214 g/mol. The van der Waals surface area contributed by atoms with Crippen LogP contribution in [0.25, 0.3) is 20.4 Å². The van der Waals surface area contributed by atoms with Crippen LogP contribution in [-0.4, -0.2) is 0 Å². The third-order valence-corrected chi connectivity index (χ3v) is 3.52. The van der Waals surface area contributed by atoms with Crippen molar-refractivity contribution in [3.05, 3.63) is 53.4 Å². The normalized spacial score (nSPS) is 10.9. The van der Waals surface area contributed by atoms with Crippen LogP contribution in [0.15, 0.2) is 48.5 Å². The summed E-state index contributed by atoms with van der Waals surface area (Å²) in [6.07, 6.45) is 0. The van der Waals surface area contributed by atoms with Gasteiger partial charge in [-0.05, 0) is 12.1 Å². The molecule has 72 valence electrons. The zero-order chi connectivity index (χ0) is 10.3. The summed E-state index contributed by atoms with van der Waals surface area (Å²) in [7, 11) is 0. The molecule has 1 aromatic heterocycles. The fourth-order valence-corrected chi connectivity index (χ4v) is 2.71. The molecule has 2 nitrogen and oxygen atoms in total. The fraction of sp³-hybridized carbons (Fsp3) is 0. The molecule has 3 heteroatoms. The number of para-hydroxylation sites is 2. The minimum absolute atomic E-state index is 0.737. The Labute approximate surface area is 90.0 Å². The molecule has 0 aliphatic rings. The maximum atomic E-state index is 12.0. The smallest absolute Gasteiger partial charge is 0.122 e. The maximum absolute atomic E-state index is 12.0. The van der Waals surface area contributed by atoms with Crippen molar-refractivity contribution < 1.29 is 4.43 Å². The Morgan fingerprint density at radius 1 is 0.800 bits per heavy atom. The summed E-state index contributed by atoms with van der Waals surface area (Å²) >= 11 is 1.64. The lowest BCUT2D eigenvalue weighted by Gasteiger charge is -1.91. The van der Waals surface area contributed by atoms with E-state index in [0.717, 1.165) is 24.9 Å². The summed E-state index contributed by atoms with van der Waals surface area (Å²) < 4.78 is 3.04. The molecule has 0 amide bonds. The zero-order valence-corrected chi connectivity index (χ0v) is 8.70. The summed E-state index contributed by atoms with van der Waals surface area (Å²) in [5, 5.41) is 0. The molecule has 0 saturated heterocycles. The van der Waals surface area contributed by atoms with Crippen molar-refractivity contribution in [3.8, 4) is 0 Å². The van der Waals surface area contributed by atoms with Crippen molar-refractivity contribution in [2.45, 2.75) is 0 Å². The molecule has 0 unspecified atom stereocenters. The van der Waals surface area contributed by atoms with Gasteiger partial charge < -0.3 is 0 Å². The number of fused-ring (bicyclic) bond motifs is 2. The second-order valence-corrected chi connectivity index (χ2v) is 4.42. The van der Waals surface area contributed by atoms with Gasteiger partial charge in [0.15, 0.2) is 0 Å². The van der Waals surface area contributed by atoms with Crippen LogP contribution in [0.4, 0.5) is 0 Å². The Morgan fingerprint density at radius 3 is 1.80 bits per heavy atom. The van der Waals surface area contributed by atoms with Gasteiger partial charge in [-0.1, -0.05) is 24.3 Å². The standard InChI is InChI=1S/C12H8NOS/c14-13-9-5-1-3-7-11(9)15-12-8-4-2-6-10(12)13/h1-8H/q+1. The third kappa shape index (κ3) is 1.24. The minimum Gasteiger partial charge on any atom is -0.122 e. The van der Waals surface area contributed by atoms with Gasteiger partial charge in [-0.2, -0.15) is 0 Å². The van der Waals surface area contributed by atoms with E-state index >= 15 is 0 Å². The average molecular weight is 214 g/mol. The first-order valence-corrected chi connectivity index (χ1v) is 5.51. The van der Waals surface area contributed by atoms with Crippen molar-refractivity contribution in [3.63, 3.8) is 0 Å². The van der Waals surface area contributed by atoms with Gasteiger partial charge in [0.25, 0.3) is 11.0 Å². The first kappa shape index (κ1) is 8.56. The molecule has 0 aliphatic heterocycles. The number of aromatic nitrogens is 1. The lowest BCUT2D eigenvalue weighted by molar-refractivity contribution is -0.432. The van der Waals surface area contributed by atoms with Crippen LogP contribution in [0.5, 0.6) is 0 Å². The number of nitrogens with zero attached hydrogens (tertiary/aromatic N) is 1. The molecule has 0 N–H and O–H groups in total. The fourth-order valence-electron chi connectivity index (χ4n) is 1.67. The van der Waals surface area contributed by atoms with E-state index in [1.54, 1.807) is 11.3 Å². The van der Waals surface area contributed by atoms with Crippen molar-refractivity contribution in [2.75, 3.05) is 0 Å². The number of benzene rings is 2. The summed E-state index contributed by atoms with van der Waals surface area (Å²) in [5.41, 5.74) is 1.47. The van der Waals surface area contributed by atoms with E-state index in [1.165, 1.54) is 0 Å². The average Bonchev–Trinajstić information content (AvgIpc) is 2.30. The molecule has 3 rings (SSSR count). The lowest BCUT2D eigenvalue weighted by atomic mass is 10.3. The molecule has 15 heavy (non-hydrogen) atoms. The van der Waals surface area contributed by atoms with E-state index in [4.69, 9.17) is 0 Å². The van der Waals surface area contributed by atoms with Crippen molar-refractivity contribution in [2.24, 2.45) is 0 Å². The summed E-state index contributed by atoms with van der Waals surface area (Å²) in [5.74, 6) is 0. The second kappa shape index (κ2) is 3.14. The van der Waals surface area contributed by atoms with Crippen molar-refractivity contribution in [1.82, 2.24) is 0 Å². The van der Waals surface area contributed by atoms with Crippen LogP contribution in [0.2, 0.25) is 0 Å². The predicted molar refractivity (Wildman–Crippen MR) is 62.7 cm³/mol. The molecule has 0 bridgehead atoms. The van der Waals surface area contributed by atoms with Crippen LogP contribution in [-0.2, 0) is 0 Å². The van der Waals surface area contributed by atoms with Crippen molar-refractivity contribution >= 4 is 31.8 Å². The van der Waals surface area contributed by atoms with E-state index in [9.17, 15) is 4.91 Å². The lowest BCUT2D eigenvalue weighted by Crippen LogP contribution is -2.15. The molecule has 3 aromatic rings. The van der Waals surface area contributed by atoms with E-state index in [0.29, 0.717) is 0 Å². The number of hydrogen-bond acceptors (Lipinski definition) is 2. The molecule has 0 atom stereocenters. The van der Waals surface area contributed by atoms with Crippen LogP contribution < -0.4 is 4.43 Å². The van der Waals surface area contributed by atoms with Gasteiger partial charge in [0.2, 0.25) is 0 Å². The first-order valence-electron chi connectivity index (χ1n) is 4.69. The van der Waals surface area contributed by atoms with Gasteiger partial charge in [-0.25, -0.2) is 0 Å². The van der Waals surface area contributed by atoms with E-state index in [-0.39, 0.29) is 0 Å². The number of hydrogen-bond donors (Lipinski definition) is 0. The first-order chi connectivity index (χ1) is 7.36. The Hall–Kier alpha value is -1.74. The van der Waals surface area contributed by atoms with Gasteiger partial charge >= 0.3 is 0 Å². The summed E-state index contributed by atoms with van der Waals surface area (Å²) in [4.78, 5) is 12.0. The Kier molecular flexibility index (Phi) is 1.79.